The van der Waals surface area contributed by atoms with E-state index in [0.717, 1.165) is 29.8 Å². The Morgan fingerprint density at radius 1 is 1.32 bits per heavy atom. The molecule has 0 amide bonds. The quantitative estimate of drug-likeness (QED) is 0.918. The predicted molar refractivity (Wildman–Crippen MR) is 86.5 cm³/mol. The zero-order valence-corrected chi connectivity index (χ0v) is 13.3. The fourth-order valence-corrected chi connectivity index (χ4v) is 3.83. The van der Waals surface area contributed by atoms with Crippen LogP contribution in [0.3, 0.4) is 0 Å². The van der Waals surface area contributed by atoms with Crippen LogP contribution in [0.5, 0.6) is 5.75 Å². The second kappa shape index (κ2) is 6.50. The number of hydrogen-bond donors (Lipinski definition) is 1. The van der Waals surface area contributed by atoms with Gasteiger partial charge in [0, 0.05) is 6.54 Å². The van der Waals surface area contributed by atoms with Gasteiger partial charge in [-0.05, 0) is 52.9 Å². The van der Waals surface area contributed by atoms with E-state index < -0.39 is 12.0 Å². The Balaban J connectivity index is 1.98. The Bertz CT molecular complexity index is 624. The van der Waals surface area contributed by atoms with Gasteiger partial charge in [-0.3, -0.25) is 9.69 Å². The van der Waals surface area contributed by atoms with Gasteiger partial charge >= 0.3 is 5.97 Å². The second-order valence-corrected chi connectivity index (χ2v) is 6.25. The first-order valence-corrected chi connectivity index (χ1v) is 8.29. The number of likely N-dealkylation sites (tertiary alicyclic amines) is 1. The molecule has 1 aliphatic heterocycles. The van der Waals surface area contributed by atoms with E-state index in [9.17, 15) is 9.90 Å². The lowest BCUT2D eigenvalue weighted by molar-refractivity contribution is -0.142. The maximum Gasteiger partial charge on any atom is 0.320 e. The molecule has 0 spiro atoms. The van der Waals surface area contributed by atoms with Crippen LogP contribution in [0, 0.1) is 0 Å². The topological polar surface area (TPSA) is 49.8 Å². The summed E-state index contributed by atoms with van der Waals surface area (Å²) in [7, 11) is 1.65. The number of carbonyl (C=O) groups is 1. The molecule has 22 heavy (non-hydrogen) atoms. The van der Waals surface area contributed by atoms with Gasteiger partial charge in [0.25, 0.3) is 0 Å². The number of aliphatic carboxylic acids is 1. The zero-order valence-electron chi connectivity index (χ0n) is 12.4. The molecule has 1 saturated heterocycles. The van der Waals surface area contributed by atoms with E-state index in [-0.39, 0.29) is 6.04 Å². The maximum absolute atomic E-state index is 11.6. The van der Waals surface area contributed by atoms with Crippen LogP contribution in [-0.2, 0) is 4.79 Å². The van der Waals surface area contributed by atoms with Crippen LogP contribution in [0.15, 0.2) is 41.1 Å². The van der Waals surface area contributed by atoms with Gasteiger partial charge in [-0.15, -0.1) is 0 Å². The van der Waals surface area contributed by atoms with Crippen molar-refractivity contribution in [3.05, 3.63) is 52.2 Å². The Morgan fingerprint density at radius 3 is 2.68 bits per heavy atom. The van der Waals surface area contributed by atoms with Crippen LogP contribution in [0.25, 0.3) is 0 Å². The van der Waals surface area contributed by atoms with E-state index in [0.29, 0.717) is 6.42 Å². The number of carboxylic acid groups (broad SMARTS) is 1. The molecule has 4 nitrogen and oxygen atoms in total. The van der Waals surface area contributed by atoms with Gasteiger partial charge in [0.05, 0.1) is 13.2 Å². The molecule has 2 unspecified atom stereocenters. The third-order valence-electron chi connectivity index (χ3n) is 4.20. The van der Waals surface area contributed by atoms with Gasteiger partial charge in [0.15, 0.2) is 0 Å². The first-order chi connectivity index (χ1) is 10.7. The van der Waals surface area contributed by atoms with E-state index in [4.69, 9.17) is 4.74 Å². The van der Waals surface area contributed by atoms with Crippen molar-refractivity contribution in [2.45, 2.75) is 24.9 Å². The molecule has 0 aliphatic carbocycles. The number of hydrogen-bond acceptors (Lipinski definition) is 4. The first-order valence-electron chi connectivity index (χ1n) is 7.35. The van der Waals surface area contributed by atoms with Crippen LogP contribution < -0.4 is 4.74 Å². The molecule has 5 heteroatoms. The molecule has 1 aliphatic rings. The van der Waals surface area contributed by atoms with E-state index in [1.807, 2.05) is 29.6 Å². The lowest BCUT2D eigenvalue weighted by atomic mass is 9.98. The van der Waals surface area contributed by atoms with Crippen molar-refractivity contribution >= 4 is 17.3 Å². The number of ether oxygens (including phenoxy) is 1. The molecule has 0 saturated carbocycles. The summed E-state index contributed by atoms with van der Waals surface area (Å²) >= 11 is 1.64. The molecule has 2 atom stereocenters. The van der Waals surface area contributed by atoms with Gasteiger partial charge in [-0.2, -0.15) is 11.3 Å². The average Bonchev–Trinajstić information content (AvgIpc) is 3.20. The van der Waals surface area contributed by atoms with Crippen molar-refractivity contribution < 1.29 is 14.6 Å². The predicted octanol–water partition coefficient (Wildman–Crippen LogP) is 3.40. The number of benzene rings is 1. The largest absolute Gasteiger partial charge is 0.497 e. The highest BCUT2D eigenvalue weighted by Crippen LogP contribution is 2.36. The van der Waals surface area contributed by atoms with Crippen molar-refractivity contribution in [1.82, 2.24) is 4.90 Å². The van der Waals surface area contributed by atoms with Crippen LogP contribution in [-0.4, -0.2) is 35.7 Å². The average molecular weight is 317 g/mol. The monoisotopic (exact) mass is 317 g/mol. The second-order valence-electron chi connectivity index (χ2n) is 5.47. The van der Waals surface area contributed by atoms with Crippen molar-refractivity contribution in [3.63, 3.8) is 0 Å². The third kappa shape index (κ3) is 2.87. The molecular weight excluding hydrogens is 298 g/mol. The van der Waals surface area contributed by atoms with E-state index in [2.05, 4.69) is 16.3 Å². The minimum absolute atomic E-state index is 0.0132. The smallest absolute Gasteiger partial charge is 0.320 e. The maximum atomic E-state index is 11.6. The summed E-state index contributed by atoms with van der Waals surface area (Å²) in [6, 6.07) is 9.57. The molecule has 3 rings (SSSR count). The molecule has 1 aromatic carbocycles. The molecule has 1 fully saturated rings. The van der Waals surface area contributed by atoms with E-state index in [1.54, 1.807) is 18.4 Å². The SMILES string of the molecule is COc1ccc(C(c2ccsc2)N2CCCC2C(=O)O)cc1. The summed E-state index contributed by atoms with van der Waals surface area (Å²) in [5.41, 5.74) is 2.26. The summed E-state index contributed by atoms with van der Waals surface area (Å²) in [5, 5.41) is 13.6. The number of rotatable bonds is 5. The van der Waals surface area contributed by atoms with Crippen molar-refractivity contribution in [3.8, 4) is 5.75 Å². The Labute approximate surface area is 134 Å². The Kier molecular flexibility index (Phi) is 4.45. The molecular formula is C17H19NO3S. The molecule has 2 heterocycles. The van der Waals surface area contributed by atoms with E-state index >= 15 is 0 Å². The number of nitrogens with zero attached hydrogens (tertiary/aromatic N) is 1. The van der Waals surface area contributed by atoms with Gasteiger partial charge in [-0.1, -0.05) is 12.1 Å². The third-order valence-corrected chi connectivity index (χ3v) is 4.90. The molecule has 0 radical (unpaired) electrons. The van der Waals surface area contributed by atoms with Crippen molar-refractivity contribution in [2.75, 3.05) is 13.7 Å². The lowest BCUT2D eigenvalue weighted by Crippen LogP contribution is -2.39. The van der Waals surface area contributed by atoms with Gasteiger partial charge in [-0.25, -0.2) is 0 Å². The summed E-state index contributed by atoms with van der Waals surface area (Å²) in [5.74, 6) is 0.0790. The van der Waals surface area contributed by atoms with Crippen LogP contribution in [0.1, 0.15) is 30.0 Å². The Morgan fingerprint density at radius 2 is 2.09 bits per heavy atom. The first kappa shape index (κ1) is 15.1. The van der Waals surface area contributed by atoms with Gasteiger partial charge < -0.3 is 9.84 Å². The van der Waals surface area contributed by atoms with Crippen molar-refractivity contribution in [2.24, 2.45) is 0 Å². The summed E-state index contributed by atoms with van der Waals surface area (Å²) in [4.78, 5) is 13.7. The molecule has 0 bridgehead atoms. The minimum Gasteiger partial charge on any atom is -0.497 e. The normalized spacial score (nSPS) is 20.0. The molecule has 1 aromatic heterocycles. The standard InChI is InChI=1S/C17H19NO3S/c1-21-14-6-4-12(5-7-14)16(13-8-10-22-11-13)18-9-2-3-15(18)17(19)20/h4-8,10-11,15-16H,2-3,9H2,1H3,(H,19,20). The van der Waals surface area contributed by atoms with Crippen LogP contribution >= 0.6 is 11.3 Å². The van der Waals surface area contributed by atoms with Gasteiger partial charge in [0.2, 0.25) is 0 Å². The number of methoxy groups -OCH3 is 1. The lowest BCUT2D eigenvalue weighted by Gasteiger charge is -2.31. The highest BCUT2D eigenvalue weighted by Gasteiger charge is 2.36. The zero-order chi connectivity index (χ0) is 15.5. The molecule has 2 aromatic rings. The van der Waals surface area contributed by atoms with Gasteiger partial charge in [0.1, 0.15) is 11.8 Å². The minimum atomic E-state index is -0.730. The summed E-state index contributed by atoms with van der Waals surface area (Å²) in [6.07, 6.45) is 1.64. The fraction of sp³-hybridized carbons (Fsp3) is 0.353. The van der Waals surface area contributed by atoms with Crippen molar-refractivity contribution in [1.29, 1.82) is 0 Å². The highest BCUT2D eigenvalue weighted by molar-refractivity contribution is 7.08. The highest BCUT2D eigenvalue weighted by atomic mass is 32.1. The van der Waals surface area contributed by atoms with Crippen LogP contribution in [0.2, 0.25) is 0 Å². The summed E-state index contributed by atoms with van der Waals surface area (Å²) in [6.45, 7) is 0.809. The van der Waals surface area contributed by atoms with E-state index in [1.165, 1.54) is 0 Å². The number of carboxylic acids is 1. The fourth-order valence-electron chi connectivity index (χ4n) is 3.16. The summed E-state index contributed by atoms with van der Waals surface area (Å²) < 4.78 is 5.22. The Hall–Kier alpha value is -1.85. The molecule has 1 N–H and O–H groups in total. The molecule has 116 valence electrons. The van der Waals surface area contributed by atoms with Crippen LogP contribution in [0.4, 0.5) is 0 Å². The number of thiophene rings is 1.